The molecule has 0 aliphatic heterocycles. The van der Waals surface area contributed by atoms with Crippen LogP contribution >= 0.6 is 0 Å². The Labute approximate surface area is 67.0 Å². The van der Waals surface area contributed by atoms with Crippen LogP contribution in [-0.2, 0) is 4.79 Å². The summed E-state index contributed by atoms with van der Waals surface area (Å²) in [5.41, 5.74) is -0.266. The normalized spacial score (nSPS) is 20.8. The van der Waals surface area contributed by atoms with Crippen molar-refractivity contribution in [1.29, 1.82) is 0 Å². The highest BCUT2D eigenvalue weighted by Crippen LogP contribution is 2.13. The molecule has 0 saturated carbocycles. The van der Waals surface area contributed by atoms with Crippen molar-refractivity contribution in [3.8, 4) is 0 Å². The van der Waals surface area contributed by atoms with Crippen molar-refractivity contribution < 1.29 is 4.79 Å². The molecular formula is C9H13NO. The smallest absolute Gasteiger partial charge is 0.208 e. The first-order chi connectivity index (χ1) is 5.27. The highest BCUT2D eigenvalue weighted by molar-refractivity contribution is 5.50. The average Bonchev–Trinajstić information content (AvgIpc) is 2.15. The van der Waals surface area contributed by atoms with Gasteiger partial charge < -0.3 is 5.32 Å². The zero-order valence-corrected chi connectivity index (χ0v) is 6.71. The van der Waals surface area contributed by atoms with Crippen molar-refractivity contribution in [2.75, 3.05) is 0 Å². The van der Waals surface area contributed by atoms with Gasteiger partial charge in [-0.1, -0.05) is 24.3 Å². The van der Waals surface area contributed by atoms with E-state index in [9.17, 15) is 4.79 Å². The molecule has 0 unspecified atom stereocenters. The maximum Gasteiger partial charge on any atom is 0.208 e. The zero-order valence-electron chi connectivity index (χ0n) is 6.71. The summed E-state index contributed by atoms with van der Waals surface area (Å²) in [6.45, 7) is 1.97. The van der Waals surface area contributed by atoms with Gasteiger partial charge in [0.15, 0.2) is 0 Å². The van der Waals surface area contributed by atoms with Crippen LogP contribution in [0.4, 0.5) is 0 Å². The molecule has 0 fully saturated rings. The Balaban J connectivity index is 2.71. The molecule has 60 valence electrons. The van der Waals surface area contributed by atoms with Crippen molar-refractivity contribution in [1.82, 2.24) is 5.32 Å². The Bertz CT molecular complexity index is 180. The molecule has 0 radical (unpaired) electrons. The van der Waals surface area contributed by atoms with Crippen LogP contribution in [0.1, 0.15) is 19.8 Å². The molecular weight excluding hydrogens is 138 g/mol. The Hall–Kier alpha value is -1.05. The van der Waals surface area contributed by atoms with Gasteiger partial charge >= 0.3 is 0 Å². The average molecular weight is 151 g/mol. The molecule has 1 N–H and O–H groups in total. The van der Waals surface area contributed by atoms with E-state index in [1.54, 1.807) is 0 Å². The second kappa shape index (κ2) is 3.37. The molecule has 1 aliphatic rings. The minimum absolute atomic E-state index is 0.266. The monoisotopic (exact) mass is 151 g/mol. The van der Waals surface area contributed by atoms with Gasteiger partial charge in [-0.2, -0.15) is 0 Å². The molecule has 0 aromatic rings. The summed E-state index contributed by atoms with van der Waals surface area (Å²) >= 11 is 0. The highest BCUT2D eigenvalue weighted by Gasteiger charge is 2.15. The van der Waals surface area contributed by atoms with Gasteiger partial charge in [0.2, 0.25) is 6.41 Å². The lowest BCUT2D eigenvalue weighted by Gasteiger charge is -2.19. The summed E-state index contributed by atoms with van der Waals surface area (Å²) in [5, 5.41) is 2.75. The first-order valence-corrected chi connectivity index (χ1v) is 3.83. The third kappa shape index (κ3) is 2.22. The molecule has 0 atom stereocenters. The van der Waals surface area contributed by atoms with Gasteiger partial charge in [-0.3, -0.25) is 4.79 Å². The van der Waals surface area contributed by atoms with Crippen molar-refractivity contribution >= 4 is 6.41 Å². The molecule has 2 heteroatoms. The number of hydrogen-bond donors (Lipinski definition) is 1. The van der Waals surface area contributed by atoms with Gasteiger partial charge in [0, 0.05) is 0 Å². The predicted octanol–water partition coefficient (Wildman–Crippen LogP) is 1.40. The maximum atomic E-state index is 10.2. The number of nitrogens with one attached hydrogen (secondary N) is 1. The molecule has 1 rings (SSSR count). The van der Waals surface area contributed by atoms with Crippen molar-refractivity contribution in [2.45, 2.75) is 25.3 Å². The topological polar surface area (TPSA) is 29.1 Å². The number of rotatable bonds is 2. The van der Waals surface area contributed by atoms with E-state index in [1.165, 1.54) is 0 Å². The Kier molecular flexibility index (Phi) is 2.47. The highest BCUT2D eigenvalue weighted by atomic mass is 16.1. The molecule has 0 bridgehead atoms. The fourth-order valence-corrected chi connectivity index (χ4v) is 1.13. The number of carbonyl (C=O) groups excluding carboxylic acids is 1. The second-order valence-corrected chi connectivity index (χ2v) is 2.93. The summed E-state index contributed by atoms with van der Waals surface area (Å²) in [4.78, 5) is 10.2. The van der Waals surface area contributed by atoms with Crippen LogP contribution in [0.5, 0.6) is 0 Å². The lowest BCUT2D eigenvalue weighted by molar-refractivity contribution is -0.110. The van der Waals surface area contributed by atoms with Crippen molar-refractivity contribution in [3.63, 3.8) is 0 Å². The molecule has 0 aromatic carbocycles. The van der Waals surface area contributed by atoms with Crippen LogP contribution < -0.4 is 5.32 Å². The molecule has 11 heavy (non-hydrogen) atoms. The third-order valence-electron chi connectivity index (χ3n) is 1.80. The van der Waals surface area contributed by atoms with E-state index in [1.807, 2.05) is 19.1 Å². The Morgan fingerprint density at radius 1 is 1.36 bits per heavy atom. The fraction of sp³-hybridized carbons (Fsp3) is 0.444. The van der Waals surface area contributed by atoms with Crippen LogP contribution in [0.25, 0.3) is 0 Å². The minimum Gasteiger partial charge on any atom is -0.347 e. The molecule has 1 amide bonds. The first kappa shape index (κ1) is 8.05. The van der Waals surface area contributed by atoms with Gasteiger partial charge in [-0.15, -0.1) is 0 Å². The number of carbonyl (C=O) groups is 1. The summed E-state index contributed by atoms with van der Waals surface area (Å²) in [7, 11) is 0. The second-order valence-electron chi connectivity index (χ2n) is 2.93. The molecule has 1 aliphatic carbocycles. The van der Waals surface area contributed by atoms with E-state index in [0.29, 0.717) is 0 Å². The van der Waals surface area contributed by atoms with Crippen LogP contribution in [0.3, 0.4) is 0 Å². The zero-order chi connectivity index (χ0) is 8.16. The minimum atomic E-state index is -0.266. The SMILES string of the molecule is CC1(NC=O)C=CCCC=C1. The first-order valence-electron chi connectivity index (χ1n) is 3.83. The number of hydrogen-bond acceptors (Lipinski definition) is 1. The van der Waals surface area contributed by atoms with Gasteiger partial charge in [0.1, 0.15) is 0 Å². The van der Waals surface area contributed by atoms with E-state index in [2.05, 4.69) is 17.5 Å². The number of allylic oxidation sites excluding steroid dienone is 2. The molecule has 2 nitrogen and oxygen atoms in total. The van der Waals surface area contributed by atoms with E-state index in [4.69, 9.17) is 0 Å². The molecule has 0 spiro atoms. The molecule has 0 saturated heterocycles. The number of amides is 1. The van der Waals surface area contributed by atoms with Crippen molar-refractivity contribution in [3.05, 3.63) is 24.3 Å². The fourth-order valence-electron chi connectivity index (χ4n) is 1.13. The van der Waals surface area contributed by atoms with E-state index < -0.39 is 0 Å². The van der Waals surface area contributed by atoms with Gasteiger partial charge in [-0.05, 0) is 19.8 Å². The summed E-state index contributed by atoms with van der Waals surface area (Å²) in [6, 6.07) is 0. The van der Waals surface area contributed by atoms with Crippen LogP contribution in [0.2, 0.25) is 0 Å². The van der Waals surface area contributed by atoms with Crippen LogP contribution in [0, 0.1) is 0 Å². The standard InChI is InChI=1S/C9H13NO/c1-9(10-8-11)6-4-2-3-5-7-9/h4-8H,2-3H2,1H3,(H,10,11). The predicted molar refractivity (Wildman–Crippen MR) is 45.1 cm³/mol. The lowest BCUT2D eigenvalue weighted by atomic mass is 10.0. The van der Waals surface area contributed by atoms with Gasteiger partial charge in [0.25, 0.3) is 0 Å². The molecule has 0 heterocycles. The van der Waals surface area contributed by atoms with Crippen LogP contribution in [-0.4, -0.2) is 11.9 Å². The quantitative estimate of drug-likeness (QED) is 0.469. The summed E-state index contributed by atoms with van der Waals surface area (Å²) in [6.07, 6.45) is 11.1. The summed E-state index contributed by atoms with van der Waals surface area (Å²) < 4.78 is 0. The third-order valence-corrected chi connectivity index (χ3v) is 1.80. The van der Waals surface area contributed by atoms with E-state index in [0.717, 1.165) is 19.3 Å². The molecule has 0 aromatic heterocycles. The van der Waals surface area contributed by atoms with E-state index >= 15 is 0 Å². The Morgan fingerprint density at radius 3 is 2.36 bits per heavy atom. The maximum absolute atomic E-state index is 10.2. The van der Waals surface area contributed by atoms with Crippen molar-refractivity contribution in [2.24, 2.45) is 0 Å². The Morgan fingerprint density at radius 2 is 1.91 bits per heavy atom. The van der Waals surface area contributed by atoms with Gasteiger partial charge in [0.05, 0.1) is 5.54 Å². The lowest BCUT2D eigenvalue weighted by Crippen LogP contribution is -2.37. The van der Waals surface area contributed by atoms with E-state index in [-0.39, 0.29) is 5.54 Å². The summed E-state index contributed by atoms with van der Waals surface area (Å²) in [5.74, 6) is 0. The van der Waals surface area contributed by atoms with Crippen LogP contribution in [0.15, 0.2) is 24.3 Å². The van der Waals surface area contributed by atoms with Gasteiger partial charge in [-0.25, -0.2) is 0 Å². The largest absolute Gasteiger partial charge is 0.347 e.